The minimum Gasteiger partial charge on any atom is -0.325 e. The highest BCUT2D eigenvalue weighted by Crippen LogP contribution is 2.30. The van der Waals surface area contributed by atoms with Gasteiger partial charge in [0.25, 0.3) is 0 Å². The van der Waals surface area contributed by atoms with Crippen molar-refractivity contribution in [1.29, 1.82) is 0 Å². The second kappa shape index (κ2) is 5.01. The van der Waals surface area contributed by atoms with Crippen molar-refractivity contribution in [3.05, 3.63) is 35.4 Å². The van der Waals surface area contributed by atoms with Gasteiger partial charge in [-0.2, -0.15) is 0 Å². The van der Waals surface area contributed by atoms with Gasteiger partial charge in [-0.25, -0.2) is 0 Å². The Bertz CT molecular complexity index is 345. The molecule has 1 unspecified atom stereocenters. The molecule has 0 saturated heterocycles. The third-order valence-electron chi connectivity index (χ3n) is 3.83. The quantitative estimate of drug-likeness (QED) is 0.768. The monoisotopic (exact) mass is 217 g/mol. The molecule has 0 aliphatic heterocycles. The molecule has 2 rings (SSSR count). The average molecular weight is 217 g/mol. The maximum atomic E-state index is 6.51. The summed E-state index contributed by atoms with van der Waals surface area (Å²) in [6, 6.07) is 8.77. The lowest BCUT2D eigenvalue weighted by molar-refractivity contribution is 0.333. The summed E-state index contributed by atoms with van der Waals surface area (Å²) >= 11 is 0. The highest BCUT2D eigenvalue weighted by molar-refractivity contribution is 5.31. The topological polar surface area (TPSA) is 26.0 Å². The Kier molecular flexibility index (Phi) is 3.65. The van der Waals surface area contributed by atoms with Gasteiger partial charge in [-0.05, 0) is 36.8 Å². The molecular formula is C15H23N. The maximum absolute atomic E-state index is 6.51. The molecule has 0 amide bonds. The summed E-state index contributed by atoms with van der Waals surface area (Å²) in [5.41, 5.74) is 9.58. The van der Waals surface area contributed by atoms with E-state index in [4.69, 9.17) is 5.73 Å². The van der Waals surface area contributed by atoms with E-state index in [1.807, 2.05) is 0 Å². The molecule has 1 aromatic rings. The second-order valence-corrected chi connectivity index (χ2v) is 5.26. The fourth-order valence-corrected chi connectivity index (χ4v) is 2.77. The van der Waals surface area contributed by atoms with Crippen LogP contribution in [-0.2, 0) is 12.8 Å². The minimum absolute atomic E-state index is 0.0729. The van der Waals surface area contributed by atoms with Crippen molar-refractivity contribution in [1.82, 2.24) is 0 Å². The van der Waals surface area contributed by atoms with Crippen molar-refractivity contribution < 1.29 is 0 Å². The highest BCUT2D eigenvalue weighted by Gasteiger charge is 2.29. The van der Waals surface area contributed by atoms with E-state index in [2.05, 4.69) is 31.2 Å². The molecule has 0 saturated carbocycles. The van der Waals surface area contributed by atoms with E-state index in [-0.39, 0.29) is 5.54 Å². The first-order chi connectivity index (χ1) is 7.73. The molecule has 1 heteroatoms. The van der Waals surface area contributed by atoms with E-state index >= 15 is 0 Å². The van der Waals surface area contributed by atoms with Crippen molar-refractivity contribution in [2.75, 3.05) is 0 Å². The predicted octanol–water partition coefficient (Wildman–Crippen LogP) is 3.45. The summed E-state index contributed by atoms with van der Waals surface area (Å²) in [6.07, 6.45) is 8.48. The van der Waals surface area contributed by atoms with Gasteiger partial charge in [0.15, 0.2) is 0 Å². The molecule has 1 aliphatic carbocycles. The molecule has 1 nitrogen and oxygen atoms in total. The van der Waals surface area contributed by atoms with Crippen molar-refractivity contribution in [2.24, 2.45) is 5.73 Å². The van der Waals surface area contributed by atoms with Crippen LogP contribution in [0, 0.1) is 0 Å². The Morgan fingerprint density at radius 1 is 1.19 bits per heavy atom. The van der Waals surface area contributed by atoms with Gasteiger partial charge in [0, 0.05) is 5.54 Å². The summed E-state index contributed by atoms with van der Waals surface area (Å²) in [4.78, 5) is 0. The Labute approximate surface area is 99.0 Å². The molecule has 1 aromatic carbocycles. The highest BCUT2D eigenvalue weighted by atomic mass is 14.7. The van der Waals surface area contributed by atoms with Crippen molar-refractivity contribution in [3.8, 4) is 0 Å². The normalized spacial score (nSPS) is 24.1. The van der Waals surface area contributed by atoms with E-state index in [0.717, 1.165) is 12.8 Å². The Hall–Kier alpha value is -0.820. The summed E-state index contributed by atoms with van der Waals surface area (Å²) in [5, 5.41) is 0. The Balaban J connectivity index is 2.00. The third kappa shape index (κ3) is 2.65. The molecule has 0 bridgehead atoms. The van der Waals surface area contributed by atoms with Crippen LogP contribution in [0.5, 0.6) is 0 Å². The van der Waals surface area contributed by atoms with Gasteiger partial charge < -0.3 is 5.73 Å². The van der Waals surface area contributed by atoms with Crippen LogP contribution in [0.3, 0.4) is 0 Å². The number of rotatable bonds is 4. The summed E-state index contributed by atoms with van der Waals surface area (Å²) in [7, 11) is 0. The molecule has 0 fully saturated rings. The zero-order valence-electron chi connectivity index (χ0n) is 10.3. The minimum atomic E-state index is 0.0729. The first-order valence-electron chi connectivity index (χ1n) is 6.59. The van der Waals surface area contributed by atoms with E-state index in [9.17, 15) is 0 Å². The van der Waals surface area contributed by atoms with E-state index < -0.39 is 0 Å². The first kappa shape index (κ1) is 11.7. The van der Waals surface area contributed by atoms with E-state index in [1.54, 1.807) is 0 Å². The number of hydrogen-bond donors (Lipinski definition) is 1. The lowest BCUT2D eigenvalue weighted by Crippen LogP contribution is -2.45. The van der Waals surface area contributed by atoms with Gasteiger partial charge in [-0.3, -0.25) is 0 Å². The molecule has 88 valence electrons. The SMILES string of the molecule is CCCCCC1(N)CCc2ccccc2C1. The molecule has 1 aliphatic rings. The molecule has 16 heavy (non-hydrogen) atoms. The number of hydrogen-bond acceptors (Lipinski definition) is 1. The Morgan fingerprint density at radius 2 is 1.94 bits per heavy atom. The fraction of sp³-hybridized carbons (Fsp3) is 0.600. The van der Waals surface area contributed by atoms with Crippen molar-refractivity contribution in [3.63, 3.8) is 0 Å². The van der Waals surface area contributed by atoms with Crippen LogP contribution in [0.1, 0.15) is 50.2 Å². The fourth-order valence-electron chi connectivity index (χ4n) is 2.77. The first-order valence-corrected chi connectivity index (χ1v) is 6.59. The zero-order chi connectivity index (χ0) is 11.4. The summed E-state index contributed by atoms with van der Waals surface area (Å²) in [5.74, 6) is 0. The maximum Gasteiger partial charge on any atom is 0.0198 e. The smallest absolute Gasteiger partial charge is 0.0198 e. The van der Waals surface area contributed by atoms with Crippen LogP contribution < -0.4 is 5.73 Å². The van der Waals surface area contributed by atoms with Crippen LogP contribution in [-0.4, -0.2) is 5.54 Å². The number of unbranched alkanes of at least 4 members (excludes halogenated alkanes) is 2. The van der Waals surface area contributed by atoms with Gasteiger partial charge in [0.1, 0.15) is 0 Å². The molecule has 0 radical (unpaired) electrons. The van der Waals surface area contributed by atoms with Gasteiger partial charge >= 0.3 is 0 Å². The van der Waals surface area contributed by atoms with Crippen LogP contribution in [0.2, 0.25) is 0 Å². The largest absolute Gasteiger partial charge is 0.325 e. The number of aryl methyl sites for hydroxylation is 1. The van der Waals surface area contributed by atoms with Gasteiger partial charge in [-0.15, -0.1) is 0 Å². The Morgan fingerprint density at radius 3 is 2.69 bits per heavy atom. The average Bonchev–Trinajstić information content (AvgIpc) is 2.29. The standard InChI is InChI=1S/C15H23N/c1-2-3-6-10-15(16)11-9-13-7-4-5-8-14(13)12-15/h4-5,7-8H,2-3,6,9-12,16H2,1H3. The predicted molar refractivity (Wildman–Crippen MR) is 69.5 cm³/mol. The van der Waals surface area contributed by atoms with E-state index in [1.165, 1.54) is 43.2 Å². The van der Waals surface area contributed by atoms with Gasteiger partial charge in [0.05, 0.1) is 0 Å². The lowest BCUT2D eigenvalue weighted by atomic mass is 9.76. The van der Waals surface area contributed by atoms with Crippen LogP contribution in [0.15, 0.2) is 24.3 Å². The third-order valence-corrected chi connectivity index (χ3v) is 3.83. The van der Waals surface area contributed by atoms with Gasteiger partial charge in [0.2, 0.25) is 0 Å². The van der Waals surface area contributed by atoms with Gasteiger partial charge in [-0.1, -0.05) is 50.5 Å². The molecule has 0 spiro atoms. The lowest BCUT2D eigenvalue weighted by Gasteiger charge is -2.35. The van der Waals surface area contributed by atoms with Crippen molar-refractivity contribution in [2.45, 2.75) is 57.4 Å². The van der Waals surface area contributed by atoms with Crippen LogP contribution in [0.4, 0.5) is 0 Å². The van der Waals surface area contributed by atoms with E-state index in [0.29, 0.717) is 0 Å². The van der Waals surface area contributed by atoms with Crippen LogP contribution >= 0.6 is 0 Å². The summed E-state index contributed by atoms with van der Waals surface area (Å²) in [6.45, 7) is 2.25. The summed E-state index contributed by atoms with van der Waals surface area (Å²) < 4.78 is 0. The van der Waals surface area contributed by atoms with Crippen LogP contribution in [0.25, 0.3) is 0 Å². The molecule has 2 N–H and O–H groups in total. The van der Waals surface area contributed by atoms with Crippen molar-refractivity contribution >= 4 is 0 Å². The number of benzene rings is 1. The second-order valence-electron chi connectivity index (χ2n) is 5.26. The zero-order valence-corrected chi connectivity index (χ0v) is 10.3. The molecule has 1 atom stereocenters. The number of nitrogens with two attached hydrogens (primary N) is 1. The molecular weight excluding hydrogens is 194 g/mol. The number of fused-ring (bicyclic) bond motifs is 1. The molecule has 0 aromatic heterocycles. The molecule has 0 heterocycles.